The van der Waals surface area contributed by atoms with Crippen LogP contribution in [-0.4, -0.2) is 40.7 Å². The molecule has 7 nitrogen and oxygen atoms in total. The van der Waals surface area contributed by atoms with Crippen molar-refractivity contribution in [1.29, 1.82) is 0 Å². The highest BCUT2D eigenvalue weighted by Gasteiger charge is 2.44. The molecule has 1 aromatic heterocycles. The number of hydrogen-bond donors (Lipinski definition) is 2. The average molecular weight is 302 g/mol. The van der Waals surface area contributed by atoms with Gasteiger partial charge in [0.15, 0.2) is 17.7 Å². The highest BCUT2D eigenvalue weighted by atomic mass is 16.5. The maximum Gasteiger partial charge on any atom is 0.331 e. The number of nitrogens with one attached hydrogen (secondary N) is 1. The van der Waals surface area contributed by atoms with E-state index in [1.54, 1.807) is 30.5 Å². The zero-order valence-corrected chi connectivity index (χ0v) is 11.6. The van der Waals surface area contributed by atoms with Crippen molar-refractivity contribution in [1.82, 2.24) is 10.3 Å². The van der Waals surface area contributed by atoms with E-state index in [-0.39, 0.29) is 13.0 Å². The van der Waals surface area contributed by atoms with Gasteiger partial charge in [0.25, 0.3) is 5.91 Å². The van der Waals surface area contributed by atoms with Crippen molar-refractivity contribution in [2.45, 2.75) is 12.0 Å². The van der Waals surface area contributed by atoms with E-state index in [0.29, 0.717) is 17.9 Å². The van der Waals surface area contributed by atoms with Gasteiger partial charge in [0, 0.05) is 24.2 Å². The zero-order chi connectivity index (χ0) is 15.6. The molecule has 2 N–H and O–H groups in total. The van der Waals surface area contributed by atoms with Gasteiger partial charge in [-0.1, -0.05) is 12.1 Å². The van der Waals surface area contributed by atoms with Crippen LogP contribution in [0, 0.1) is 0 Å². The van der Waals surface area contributed by atoms with Crippen molar-refractivity contribution in [3.05, 3.63) is 42.4 Å². The van der Waals surface area contributed by atoms with Gasteiger partial charge in [-0.05, 0) is 12.1 Å². The van der Waals surface area contributed by atoms with E-state index in [0.717, 1.165) is 5.56 Å². The standard InChI is InChI=1S/C15H14N2O5/c18-13(17-15(14(19)20)5-6-21-8-15)11-3-1-10(2-4-11)12-7-16-9-22-12/h1-4,7,9H,5-6,8H2,(H,17,18)(H,19,20). The maximum atomic E-state index is 12.2. The fourth-order valence-corrected chi connectivity index (χ4v) is 2.32. The third-order valence-electron chi connectivity index (χ3n) is 3.65. The summed E-state index contributed by atoms with van der Waals surface area (Å²) in [5, 5.41) is 11.9. The molecule has 0 radical (unpaired) electrons. The molecule has 0 saturated carbocycles. The molecule has 114 valence electrons. The smallest absolute Gasteiger partial charge is 0.331 e. The first kappa shape index (κ1) is 14.3. The minimum Gasteiger partial charge on any atom is -0.479 e. The molecule has 0 aliphatic carbocycles. The number of carbonyl (C=O) groups excluding carboxylic acids is 1. The highest BCUT2D eigenvalue weighted by molar-refractivity contribution is 5.98. The summed E-state index contributed by atoms with van der Waals surface area (Å²) >= 11 is 0. The van der Waals surface area contributed by atoms with E-state index >= 15 is 0 Å². The predicted octanol–water partition coefficient (Wildman–Crippen LogP) is 1.32. The quantitative estimate of drug-likeness (QED) is 0.883. The van der Waals surface area contributed by atoms with E-state index in [4.69, 9.17) is 9.15 Å². The van der Waals surface area contributed by atoms with E-state index in [9.17, 15) is 14.7 Å². The van der Waals surface area contributed by atoms with Gasteiger partial charge in [-0.15, -0.1) is 0 Å². The van der Waals surface area contributed by atoms with Gasteiger partial charge in [-0.3, -0.25) is 4.79 Å². The van der Waals surface area contributed by atoms with Gasteiger partial charge in [0.2, 0.25) is 0 Å². The predicted molar refractivity (Wildman–Crippen MR) is 75.2 cm³/mol. The third kappa shape index (κ3) is 2.58. The van der Waals surface area contributed by atoms with Crippen LogP contribution in [0.5, 0.6) is 0 Å². The summed E-state index contributed by atoms with van der Waals surface area (Å²) in [4.78, 5) is 27.5. The molecule has 1 fully saturated rings. The Morgan fingerprint density at radius 1 is 1.27 bits per heavy atom. The monoisotopic (exact) mass is 302 g/mol. The Bertz CT molecular complexity index is 672. The molecule has 1 atom stereocenters. The van der Waals surface area contributed by atoms with Crippen molar-refractivity contribution in [3.63, 3.8) is 0 Å². The number of amides is 1. The SMILES string of the molecule is O=C(NC1(C(=O)O)CCOC1)c1ccc(-c2cnco2)cc1. The average Bonchev–Trinajstić information content (AvgIpc) is 3.19. The van der Waals surface area contributed by atoms with Crippen molar-refractivity contribution in [2.24, 2.45) is 0 Å². The van der Waals surface area contributed by atoms with Crippen molar-refractivity contribution in [2.75, 3.05) is 13.2 Å². The Kier molecular flexibility index (Phi) is 3.64. The molecule has 0 bridgehead atoms. The lowest BCUT2D eigenvalue weighted by molar-refractivity contribution is -0.144. The summed E-state index contributed by atoms with van der Waals surface area (Å²) in [5.41, 5.74) is -0.192. The molecule has 0 spiro atoms. The molecule has 1 saturated heterocycles. The first-order valence-corrected chi connectivity index (χ1v) is 6.73. The first-order chi connectivity index (χ1) is 10.6. The lowest BCUT2D eigenvalue weighted by Gasteiger charge is -2.23. The molecular weight excluding hydrogens is 288 g/mol. The molecule has 22 heavy (non-hydrogen) atoms. The van der Waals surface area contributed by atoms with Crippen LogP contribution in [0.1, 0.15) is 16.8 Å². The summed E-state index contributed by atoms with van der Waals surface area (Å²) in [6, 6.07) is 6.65. The number of oxazole rings is 1. The van der Waals surface area contributed by atoms with Gasteiger partial charge >= 0.3 is 5.97 Å². The maximum absolute atomic E-state index is 12.2. The van der Waals surface area contributed by atoms with Gasteiger partial charge in [-0.2, -0.15) is 0 Å². The number of carboxylic acids is 1. The van der Waals surface area contributed by atoms with Gasteiger partial charge in [0.1, 0.15) is 0 Å². The largest absolute Gasteiger partial charge is 0.479 e. The van der Waals surface area contributed by atoms with Crippen molar-refractivity contribution in [3.8, 4) is 11.3 Å². The molecule has 1 amide bonds. The van der Waals surface area contributed by atoms with Crippen LogP contribution >= 0.6 is 0 Å². The molecular formula is C15H14N2O5. The number of aromatic nitrogens is 1. The topological polar surface area (TPSA) is 102 Å². The Labute approximate surface area is 125 Å². The number of carbonyl (C=O) groups is 2. The lowest BCUT2D eigenvalue weighted by Crippen LogP contribution is -2.55. The second-order valence-corrected chi connectivity index (χ2v) is 5.09. The second-order valence-electron chi connectivity index (χ2n) is 5.09. The molecule has 1 aromatic carbocycles. The second kappa shape index (κ2) is 5.61. The van der Waals surface area contributed by atoms with Gasteiger partial charge < -0.3 is 19.6 Å². The summed E-state index contributed by atoms with van der Waals surface area (Å²) in [6.45, 7) is 0.293. The molecule has 7 heteroatoms. The van der Waals surface area contributed by atoms with Gasteiger partial charge in [0.05, 0.1) is 12.8 Å². The molecule has 1 aliphatic rings. The number of nitrogens with zero attached hydrogens (tertiary/aromatic N) is 1. The number of benzene rings is 1. The number of carboxylic acid groups (broad SMARTS) is 1. The lowest BCUT2D eigenvalue weighted by atomic mass is 9.98. The summed E-state index contributed by atoms with van der Waals surface area (Å²) < 4.78 is 10.3. The number of ether oxygens (including phenoxy) is 1. The van der Waals surface area contributed by atoms with E-state index in [1.165, 1.54) is 6.39 Å². The van der Waals surface area contributed by atoms with Crippen LogP contribution in [-0.2, 0) is 9.53 Å². The van der Waals surface area contributed by atoms with E-state index < -0.39 is 17.4 Å². The molecule has 3 rings (SSSR count). The van der Waals surface area contributed by atoms with Crippen LogP contribution in [0.2, 0.25) is 0 Å². The number of hydrogen-bond acceptors (Lipinski definition) is 5. The Hall–Kier alpha value is -2.67. The van der Waals surface area contributed by atoms with E-state index in [1.807, 2.05) is 0 Å². The van der Waals surface area contributed by atoms with Gasteiger partial charge in [-0.25, -0.2) is 9.78 Å². The van der Waals surface area contributed by atoms with Crippen molar-refractivity contribution < 1.29 is 23.8 Å². The van der Waals surface area contributed by atoms with Crippen LogP contribution in [0.25, 0.3) is 11.3 Å². The van der Waals surface area contributed by atoms with Crippen LogP contribution < -0.4 is 5.32 Å². The van der Waals surface area contributed by atoms with Crippen LogP contribution in [0.15, 0.2) is 41.3 Å². The number of rotatable bonds is 4. The fourth-order valence-electron chi connectivity index (χ4n) is 2.32. The Balaban J connectivity index is 1.76. The van der Waals surface area contributed by atoms with Crippen LogP contribution in [0.3, 0.4) is 0 Å². The van der Waals surface area contributed by atoms with Crippen molar-refractivity contribution >= 4 is 11.9 Å². The number of aliphatic carboxylic acids is 1. The minimum atomic E-state index is -1.35. The summed E-state index contributed by atoms with van der Waals surface area (Å²) in [6.07, 6.45) is 3.15. The summed E-state index contributed by atoms with van der Waals surface area (Å²) in [7, 11) is 0. The Morgan fingerprint density at radius 2 is 2.05 bits per heavy atom. The zero-order valence-electron chi connectivity index (χ0n) is 11.6. The Morgan fingerprint density at radius 3 is 2.59 bits per heavy atom. The minimum absolute atomic E-state index is 0.0236. The first-order valence-electron chi connectivity index (χ1n) is 6.73. The molecule has 1 aliphatic heterocycles. The normalized spacial score (nSPS) is 20.7. The van der Waals surface area contributed by atoms with E-state index in [2.05, 4.69) is 10.3 Å². The third-order valence-corrected chi connectivity index (χ3v) is 3.65. The van der Waals surface area contributed by atoms with Crippen LogP contribution in [0.4, 0.5) is 0 Å². The fraction of sp³-hybridized carbons (Fsp3) is 0.267. The molecule has 1 unspecified atom stereocenters. The summed E-state index contributed by atoms with van der Waals surface area (Å²) in [5.74, 6) is -0.938. The highest BCUT2D eigenvalue weighted by Crippen LogP contribution is 2.21. The molecule has 2 heterocycles. The molecule has 2 aromatic rings.